The Morgan fingerprint density at radius 2 is 1.64 bits per heavy atom. The number of Topliss-reactive ketones (excluding diaryl/α,β-unsaturated/α-hetero) is 1. The van der Waals surface area contributed by atoms with Crippen LogP contribution in [0.5, 0.6) is 0 Å². The third-order valence-electron chi connectivity index (χ3n) is 4.07. The van der Waals surface area contributed by atoms with Crippen LogP contribution in [0.1, 0.15) is 30.4 Å². The zero-order chi connectivity index (χ0) is 15.4. The second-order valence-corrected chi connectivity index (χ2v) is 5.53. The second-order valence-electron chi connectivity index (χ2n) is 5.53. The molecule has 0 saturated heterocycles. The van der Waals surface area contributed by atoms with E-state index in [4.69, 9.17) is 4.74 Å². The third-order valence-corrected chi connectivity index (χ3v) is 4.07. The fourth-order valence-corrected chi connectivity index (χ4v) is 3.03. The SMILES string of the molecule is CCOC1=C(Cc2ccccc2)C(=O)CC1c1ccccc1. The molecule has 0 spiro atoms. The first-order valence-corrected chi connectivity index (χ1v) is 7.77. The van der Waals surface area contributed by atoms with E-state index in [-0.39, 0.29) is 11.7 Å². The minimum atomic E-state index is 0.0624. The summed E-state index contributed by atoms with van der Waals surface area (Å²) < 4.78 is 5.88. The molecule has 2 nitrogen and oxygen atoms in total. The molecule has 112 valence electrons. The minimum Gasteiger partial charge on any atom is -0.497 e. The summed E-state index contributed by atoms with van der Waals surface area (Å²) >= 11 is 0. The predicted molar refractivity (Wildman–Crippen MR) is 87.6 cm³/mol. The number of carbonyl (C=O) groups excluding carboxylic acids is 1. The van der Waals surface area contributed by atoms with Gasteiger partial charge in [-0.15, -0.1) is 0 Å². The number of allylic oxidation sites excluding steroid dienone is 2. The van der Waals surface area contributed by atoms with E-state index in [1.807, 2.05) is 43.3 Å². The lowest BCUT2D eigenvalue weighted by atomic mass is 9.97. The van der Waals surface area contributed by atoms with Crippen LogP contribution in [-0.2, 0) is 16.0 Å². The van der Waals surface area contributed by atoms with Crippen molar-refractivity contribution in [2.75, 3.05) is 6.61 Å². The molecule has 1 aliphatic rings. The number of carbonyl (C=O) groups is 1. The van der Waals surface area contributed by atoms with Crippen molar-refractivity contribution in [3.63, 3.8) is 0 Å². The van der Waals surface area contributed by atoms with Crippen LogP contribution in [0, 0.1) is 0 Å². The fourth-order valence-electron chi connectivity index (χ4n) is 3.03. The molecular formula is C20H20O2. The highest BCUT2D eigenvalue weighted by atomic mass is 16.5. The Kier molecular flexibility index (Phi) is 4.38. The van der Waals surface area contributed by atoms with Gasteiger partial charge in [-0.1, -0.05) is 60.7 Å². The van der Waals surface area contributed by atoms with Crippen molar-refractivity contribution in [3.05, 3.63) is 83.1 Å². The number of ether oxygens (including phenoxy) is 1. The lowest BCUT2D eigenvalue weighted by Gasteiger charge is -2.16. The molecule has 0 heterocycles. The maximum Gasteiger partial charge on any atom is 0.163 e. The quantitative estimate of drug-likeness (QED) is 0.822. The Morgan fingerprint density at radius 3 is 2.27 bits per heavy atom. The van der Waals surface area contributed by atoms with E-state index >= 15 is 0 Å². The van der Waals surface area contributed by atoms with Crippen LogP contribution >= 0.6 is 0 Å². The van der Waals surface area contributed by atoms with Crippen molar-refractivity contribution < 1.29 is 9.53 Å². The molecule has 2 aromatic carbocycles. The molecule has 0 aliphatic heterocycles. The fraction of sp³-hybridized carbons (Fsp3) is 0.250. The van der Waals surface area contributed by atoms with Gasteiger partial charge in [-0.05, 0) is 18.1 Å². The van der Waals surface area contributed by atoms with E-state index in [2.05, 4.69) is 24.3 Å². The molecular weight excluding hydrogens is 272 g/mol. The molecule has 0 saturated carbocycles. The first-order chi connectivity index (χ1) is 10.8. The number of benzene rings is 2. The second kappa shape index (κ2) is 6.61. The van der Waals surface area contributed by atoms with Crippen molar-refractivity contribution >= 4 is 5.78 Å². The molecule has 1 atom stereocenters. The molecule has 0 bridgehead atoms. The maximum atomic E-state index is 12.5. The largest absolute Gasteiger partial charge is 0.497 e. The number of hydrogen-bond acceptors (Lipinski definition) is 2. The molecule has 1 aliphatic carbocycles. The lowest BCUT2D eigenvalue weighted by molar-refractivity contribution is -0.115. The van der Waals surface area contributed by atoms with Gasteiger partial charge < -0.3 is 4.74 Å². The van der Waals surface area contributed by atoms with Gasteiger partial charge in [0.05, 0.1) is 6.61 Å². The minimum absolute atomic E-state index is 0.0624. The molecule has 0 N–H and O–H groups in total. The summed E-state index contributed by atoms with van der Waals surface area (Å²) in [6.45, 7) is 2.56. The highest BCUT2D eigenvalue weighted by Gasteiger charge is 2.34. The van der Waals surface area contributed by atoms with Crippen LogP contribution in [0.15, 0.2) is 72.0 Å². The average Bonchev–Trinajstić information content (AvgIpc) is 2.86. The Morgan fingerprint density at radius 1 is 1.00 bits per heavy atom. The molecule has 2 aromatic rings. The zero-order valence-electron chi connectivity index (χ0n) is 12.8. The van der Waals surface area contributed by atoms with Crippen LogP contribution in [-0.4, -0.2) is 12.4 Å². The van der Waals surface area contributed by atoms with E-state index in [1.165, 1.54) is 0 Å². The molecule has 2 heteroatoms. The monoisotopic (exact) mass is 292 g/mol. The van der Waals surface area contributed by atoms with Crippen molar-refractivity contribution in [2.24, 2.45) is 0 Å². The van der Waals surface area contributed by atoms with Gasteiger partial charge in [-0.25, -0.2) is 0 Å². The van der Waals surface area contributed by atoms with E-state index in [1.54, 1.807) is 0 Å². The molecule has 1 unspecified atom stereocenters. The van der Waals surface area contributed by atoms with Crippen molar-refractivity contribution in [1.29, 1.82) is 0 Å². The smallest absolute Gasteiger partial charge is 0.163 e. The summed E-state index contributed by atoms with van der Waals surface area (Å²) in [6.07, 6.45) is 1.17. The maximum absolute atomic E-state index is 12.5. The Balaban J connectivity index is 1.96. The normalized spacial score (nSPS) is 17.9. The van der Waals surface area contributed by atoms with Gasteiger partial charge in [0, 0.05) is 24.3 Å². The lowest BCUT2D eigenvalue weighted by Crippen LogP contribution is -2.03. The van der Waals surface area contributed by atoms with E-state index in [0.29, 0.717) is 19.4 Å². The Bertz CT molecular complexity index is 671. The topological polar surface area (TPSA) is 26.3 Å². The van der Waals surface area contributed by atoms with E-state index in [9.17, 15) is 4.79 Å². The predicted octanol–water partition coefficient (Wildman–Crippen LogP) is 4.28. The molecule has 0 amide bonds. The van der Waals surface area contributed by atoms with Crippen LogP contribution in [0.2, 0.25) is 0 Å². The van der Waals surface area contributed by atoms with Crippen LogP contribution < -0.4 is 0 Å². The molecule has 0 aromatic heterocycles. The summed E-state index contributed by atoms with van der Waals surface area (Å²) in [5.41, 5.74) is 3.14. The van der Waals surface area contributed by atoms with Gasteiger partial charge in [-0.2, -0.15) is 0 Å². The van der Waals surface area contributed by atoms with E-state index in [0.717, 1.165) is 22.5 Å². The first-order valence-electron chi connectivity index (χ1n) is 7.77. The number of ketones is 1. The number of hydrogen-bond donors (Lipinski definition) is 0. The summed E-state index contributed by atoms with van der Waals surface area (Å²) in [5, 5.41) is 0. The highest BCUT2D eigenvalue weighted by Crippen LogP contribution is 2.39. The van der Waals surface area contributed by atoms with Gasteiger partial charge >= 0.3 is 0 Å². The zero-order valence-corrected chi connectivity index (χ0v) is 12.8. The van der Waals surface area contributed by atoms with Crippen LogP contribution in [0.3, 0.4) is 0 Å². The van der Waals surface area contributed by atoms with Gasteiger partial charge in [0.25, 0.3) is 0 Å². The van der Waals surface area contributed by atoms with Crippen molar-refractivity contribution in [1.82, 2.24) is 0 Å². The van der Waals surface area contributed by atoms with Gasteiger partial charge in [0.2, 0.25) is 0 Å². The third kappa shape index (κ3) is 2.96. The summed E-state index contributed by atoms with van der Waals surface area (Å²) in [5.74, 6) is 1.14. The summed E-state index contributed by atoms with van der Waals surface area (Å²) in [4.78, 5) is 12.5. The molecule has 0 radical (unpaired) electrons. The molecule has 22 heavy (non-hydrogen) atoms. The van der Waals surface area contributed by atoms with Crippen molar-refractivity contribution in [3.8, 4) is 0 Å². The van der Waals surface area contributed by atoms with Crippen LogP contribution in [0.25, 0.3) is 0 Å². The standard InChI is InChI=1S/C20H20O2/c1-2-22-20-17(16-11-7-4-8-12-16)14-19(21)18(20)13-15-9-5-3-6-10-15/h3-12,17H,2,13-14H2,1H3. The Labute approximate surface area is 131 Å². The van der Waals surface area contributed by atoms with E-state index < -0.39 is 0 Å². The van der Waals surface area contributed by atoms with Crippen molar-refractivity contribution in [2.45, 2.75) is 25.7 Å². The summed E-state index contributed by atoms with van der Waals surface area (Å²) in [6, 6.07) is 20.3. The first kappa shape index (κ1) is 14.6. The molecule has 0 fully saturated rings. The van der Waals surface area contributed by atoms with Gasteiger partial charge in [-0.3, -0.25) is 4.79 Å². The van der Waals surface area contributed by atoms with Gasteiger partial charge in [0.1, 0.15) is 5.76 Å². The Hall–Kier alpha value is -2.35. The molecule has 3 rings (SSSR count). The highest BCUT2D eigenvalue weighted by molar-refractivity contribution is 6.00. The summed E-state index contributed by atoms with van der Waals surface area (Å²) in [7, 11) is 0. The number of rotatable bonds is 5. The van der Waals surface area contributed by atoms with Crippen LogP contribution in [0.4, 0.5) is 0 Å². The average molecular weight is 292 g/mol. The van der Waals surface area contributed by atoms with Gasteiger partial charge in [0.15, 0.2) is 5.78 Å².